The van der Waals surface area contributed by atoms with E-state index in [2.05, 4.69) is 11.2 Å². The minimum Gasteiger partial charge on any atom is -0.449 e. The third-order valence-electron chi connectivity index (χ3n) is 2.36. The fraction of sp³-hybridized carbons (Fsp3) is 0.250. The number of hydrogen-bond donors (Lipinski definition) is 1. The van der Waals surface area contributed by atoms with Crippen LogP contribution >= 0.6 is 0 Å². The molecule has 0 spiro atoms. The van der Waals surface area contributed by atoms with E-state index in [1.165, 1.54) is 6.08 Å². The van der Waals surface area contributed by atoms with E-state index in [-0.39, 0.29) is 12.5 Å². The fourth-order valence-corrected chi connectivity index (χ4v) is 1.45. The number of allylic oxidation sites excluding steroid dienone is 1. The molecule has 104 valence electrons. The van der Waals surface area contributed by atoms with Crippen LogP contribution in [0.2, 0.25) is 0 Å². The highest BCUT2D eigenvalue weighted by molar-refractivity contribution is 5.89. The average Bonchev–Trinajstić information content (AvgIpc) is 2.42. The maximum Gasteiger partial charge on any atom is 0.339 e. The van der Waals surface area contributed by atoms with Crippen LogP contribution in [0.15, 0.2) is 35.9 Å². The Kier molecular flexibility index (Phi) is 6.05. The second-order valence-corrected chi connectivity index (χ2v) is 4.42. The Morgan fingerprint density at radius 2 is 1.95 bits per heavy atom. The van der Waals surface area contributed by atoms with Gasteiger partial charge in [0.2, 0.25) is 5.91 Å². The molecule has 0 unspecified atom stereocenters. The molecule has 1 rings (SSSR count). The number of hydrogen-bond acceptors (Lipinski definition) is 3. The van der Waals surface area contributed by atoms with Gasteiger partial charge in [0.1, 0.15) is 0 Å². The zero-order valence-electron chi connectivity index (χ0n) is 11.6. The van der Waals surface area contributed by atoms with Crippen molar-refractivity contribution in [1.29, 1.82) is 0 Å². The lowest BCUT2D eigenvalue weighted by atomic mass is 10.1. The number of esters is 1. The molecular weight excluding hydrogens is 254 g/mol. The number of amides is 1. The van der Waals surface area contributed by atoms with E-state index in [9.17, 15) is 9.59 Å². The van der Waals surface area contributed by atoms with Crippen LogP contribution in [0, 0.1) is 12.3 Å². The van der Waals surface area contributed by atoms with Gasteiger partial charge in [0.15, 0.2) is 6.61 Å². The molecule has 0 aliphatic carbocycles. The summed E-state index contributed by atoms with van der Waals surface area (Å²) in [4.78, 5) is 22.9. The summed E-state index contributed by atoms with van der Waals surface area (Å²) in [5, 5.41) is 2.76. The molecule has 1 aromatic rings. The number of rotatable bonds is 5. The Bertz CT molecular complexity index is 546. The molecule has 0 heterocycles. The molecule has 0 bridgehead atoms. The Hall–Kier alpha value is -2.54. The molecule has 0 aliphatic rings. The van der Waals surface area contributed by atoms with Crippen LogP contribution in [-0.4, -0.2) is 18.5 Å². The van der Waals surface area contributed by atoms with E-state index in [0.29, 0.717) is 12.1 Å². The van der Waals surface area contributed by atoms with Crippen molar-refractivity contribution in [1.82, 2.24) is 5.32 Å². The number of terminal acetylenes is 1. The second kappa shape index (κ2) is 7.80. The standard InChI is InChI=1S/C16H17NO3/c1-4-9-20-16(19)14-7-5-13(6-8-14)11-17-15(18)10-12(2)3/h1,5-8,10H,9,11H2,2-3H3,(H,17,18). The van der Waals surface area contributed by atoms with Crippen LogP contribution in [0.5, 0.6) is 0 Å². The first-order valence-corrected chi connectivity index (χ1v) is 6.15. The molecule has 0 aliphatic heterocycles. The molecule has 0 atom stereocenters. The molecular formula is C16H17NO3. The minimum absolute atomic E-state index is 0.0423. The summed E-state index contributed by atoms with van der Waals surface area (Å²) < 4.78 is 4.81. The van der Waals surface area contributed by atoms with Gasteiger partial charge < -0.3 is 10.1 Å². The van der Waals surface area contributed by atoms with Crippen molar-refractivity contribution in [3.63, 3.8) is 0 Å². The van der Waals surface area contributed by atoms with Gasteiger partial charge in [-0.15, -0.1) is 6.42 Å². The zero-order valence-corrected chi connectivity index (χ0v) is 11.6. The van der Waals surface area contributed by atoms with Gasteiger partial charge in [-0.1, -0.05) is 23.6 Å². The van der Waals surface area contributed by atoms with Crippen LogP contribution in [0.4, 0.5) is 0 Å². The minimum atomic E-state index is -0.455. The molecule has 0 aromatic heterocycles. The molecule has 0 fully saturated rings. The van der Waals surface area contributed by atoms with Gasteiger partial charge in [0.25, 0.3) is 0 Å². The molecule has 0 saturated carbocycles. The zero-order chi connectivity index (χ0) is 15.0. The number of carbonyl (C=O) groups is 2. The van der Waals surface area contributed by atoms with Crippen molar-refractivity contribution in [2.75, 3.05) is 6.61 Å². The number of ether oxygens (including phenoxy) is 1. The smallest absolute Gasteiger partial charge is 0.339 e. The Morgan fingerprint density at radius 3 is 2.50 bits per heavy atom. The van der Waals surface area contributed by atoms with Gasteiger partial charge in [-0.3, -0.25) is 4.79 Å². The van der Waals surface area contributed by atoms with E-state index < -0.39 is 5.97 Å². The lowest BCUT2D eigenvalue weighted by Crippen LogP contribution is -2.20. The highest BCUT2D eigenvalue weighted by atomic mass is 16.5. The fourth-order valence-electron chi connectivity index (χ4n) is 1.45. The lowest BCUT2D eigenvalue weighted by Gasteiger charge is -2.05. The Balaban J connectivity index is 2.55. The van der Waals surface area contributed by atoms with Gasteiger partial charge in [-0.05, 0) is 31.5 Å². The highest BCUT2D eigenvalue weighted by Crippen LogP contribution is 2.06. The van der Waals surface area contributed by atoms with Gasteiger partial charge in [-0.25, -0.2) is 4.79 Å². The Morgan fingerprint density at radius 1 is 1.30 bits per heavy atom. The SMILES string of the molecule is C#CCOC(=O)c1ccc(CNC(=O)C=C(C)C)cc1. The van der Waals surface area contributed by atoms with Crippen molar-refractivity contribution in [3.05, 3.63) is 47.0 Å². The maximum absolute atomic E-state index is 11.5. The van der Waals surface area contributed by atoms with Crippen LogP contribution in [0.3, 0.4) is 0 Å². The number of carbonyl (C=O) groups excluding carboxylic acids is 2. The monoisotopic (exact) mass is 271 g/mol. The van der Waals surface area contributed by atoms with E-state index in [1.54, 1.807) is 24.3 Å². The predicted molar refractivity (Wildman–Crippen MR) is 76.8 cm³/mol. The van der Waals surface area contributed by atoms with Gasteiger partial charge in [0, 0.05) is 12.6 Å². The Labute approximate surface area is 118 Å². The van der Waals surface area contributed by atoms with Gasteiger partial charge >= 0.3 is 5.97 Å². The van der Waals surface area contributed by atoms with Crippen LogP contribution in [0.1, 0.15) is 29.8 Å². The largest absolute Gasteiger partial charge is 0.449 e. The molecule has 4 heteroatoms. The van der Waals surface area contributed by atoms with Crippen molar-refractivity contribution in [2.45, 2.75) is 20.4 Å². The summed E-state index contributed by atoms with van der Waals surface area (Å²) in [5.74, 6) is 1.64. The van der Waals surface area contributed by atoms with Crippen LogP contribution in [0.25, 0.3) is 0 Å². The lowest BCUT2D eigenvalue weighted by molar-refractivity contribution is -0.116. The van der Waals surface area contributed by atoms with Crippen LogP contribution in [-0.2, 0) is 16.1 Å². The molecule has 1 N–H and O–H groups in total. The first-order chi connectivity index (χ1) is 9.52. The molecule has 1 aromatic carbocycles. The van der Waals surface area contributed by atoms with Gasteiger partial charge in [-0.2, -0.15) is 0 Å². The first-order valence-electron chi connectivity index (χ1n) is 6.15. The third kappa shape index (κ3) is 5.40. The summed E-state index contributed by atoms with van der Waals surface area (Å²) >= 11 is 0. The first kappa shape index (κ1) is 15.5. The molecule has 0 saturated heterocycles. The van der Waals surface area contributed by atoms with E-state index >= 15 is 0 Å². The third-order valence-corrected chi connectivity index (χ3v) is 2.36. The maximum atomic E-state index is 11.5. The molecule has 1 amide bonds. The van der Waals surface area contributed by atoms with Crippen molar-refractivity contribution >= 4 is 11.9 Å². The molecule has 4 nitrogen and oxygen atoms in total. The van der Waals surface area contributed by atoms with Crippen molar-refractivity contribution in [2.24, 2.45) is 0 Å². The number of nitrogens with one attached hydrogen (secondary N) is 1. The second-order valence-electron chi connectivity index (χ2n) is 4.42. The summed E-state index contributed by atoms with van der Waals surface area (Å²) in [6.45, 7) is 4.08. The average molecular weight is 271 g/mol. The predicted octanol–water partition coefficient (Wildman–Crippen LogP) is 2.06. The van der Waals surface area contributed by atoms with Gasteiger partial charge in [0.05, 0.1) is 5.56 Å². The van der Waals surface area contributed by atoms with Crippen LogP contribution < -0.4 is 5.32 Å². The normalized spacial score (nSPS) is 9.25. The van der Waals surface area contributed by atoms with Crippen molar-refractivity contribution < 1.29 is 14.3 Å². The summed E-state index contributed by atoms with van der Waals surface area (Å²) in [6.07, 6.45) is 6.54. The highest BCUT2D eigenvalue weighted by Gasteiger charge is 2.06. The summed E-state index contributed by atoms with van der Waals surface area (Å²) in [6, 6.07) is 6.80. The summed E-state index contributed by atoms with van der Waals surface area (Å²) in [5.41, 5.74) is 2.27. The topological polar surface area (TPSA) is 55.4 Å². The van der Waals surface area contributed by atoms with E-state index in [1.807, 2.05) is 13.8 Å². The molecule has 20 heavy (non-hydrogen) atoms. The summed E-state index contributed by atoms with van der Waals surface area (Å²) in [7, 11) is 0. The van der Waals surface area contributed by atoms with E-state index in [0.717, 1.165) is 11.1 Å². The number of benzene rings is 1. The molecule has 0 radical (unpaired) electrons. The van der Waals surface area contributed by atoms with Crippen molar-refractivity contribution in [3.8, 4) is 12.3 Å². The quantitative estimate of drug-likeness (QED) is 0.506. The van der Waals surface area contributed by atoms with E-state index in [4.69, 9.17) is 11.2 Å².